The van der Waals surface area contributed by atoms with E-state index in [4.69, 9.17) is 15.5 Å². The van der Waals surface area contributed by atoms with Crippen LogP contribution in [0.5, 0.6) is 0 Å². The van der Waals surface area contributed by atoms with Crippen molar-refractivity contribution in [3.63, 3.8) is 0 Å². The summed E-state index contributed by atoms with van der Waals surface area (Å²) in [6, 6.07) is 5.68. The van der Waals surface area contributed by atoms with Gasteiger partial charge >= 0.3 is 5.97 Å². The Hall–Kier alpha value is -4.56. The number of aromatic nitrogens is 1. The largest absolute Gasteiger partial charge is 0.481 e. The van der Waals surface area contributed by atoms with E-state index < -0.39 is 41.9 Å². The normalized spacial score (nSPS) is 19.0. The molecule has 2 unspecified atom stereocenters. The number of aliphatic carboxylic acids is 1. The van der Waals surface area contributed by atoms with Gasteiger partial charge in [-0.3, -0.25) is 48.2 Å². The second-order valence-electron chi connectivity index (χ2n) is 21.3. The lowest BCUT2D eigenvalue weighted by molar-refractivity contribution is -0.143. The topological polar surface area (TPSA) is 239 Å². The smallest absolute Gasteiger partial charge is 0.306 e. The third kappa shape index (κ3) is 19.1. The Morgan fingerprint density at radius 1 is 0.973 bits per heavy atom. The fourth-order valence-corrected chi connectivity index (χ4v) is 11.8. The molecule has 5 amide bonds. The number of hydrogen-bond acceptors (Lipinski definition) is 14. The number of thioether (sulfide) groups is 1. The maximum atomic E-state index is 14.4. The van der Waals surface area contributed by atoms with Crippen molar-refractivity contribution in [2.24, 2.45) is 29.4 Å². The van der Waals surface area contributed by atoms with Gasteiger partial charge in [0.05, 0.1) is 23.3 Å². The van der Waals surface area contributed by atoms with Crippen LogP contribution in [0.2, 0.25) is 0 Å². The molecule has 0 saturated carbocycles. The molecule has 9 atom stereocenters. The standard InChI is InChI=1S/C56H87N7O10S2/c1-10-36(4)41(31-47(65)44-19-14-17-26-61(44)6)54(69)62(7)45(35(2)3)32-48(73-8)53-60-43(34-75-53)52(68)58-40(28-37(5)56(71)72)29-38-21-23-39(24-22-38)30-46(64)42(18-13-15-25-57)59-50(66)20-12-11-16-27-63-51(67)33-49(74-9)55(63)70/h21-24,34-37,40-42,44-45,48-49H,10-20,25-33,57H2,1-9H3,(H,58,68)(H,59,66)(H,71,72)/t36-,37?,40+,41-,42-,44+,45+,48+,49?/m0/s1. The average molecular weight is 1080 g/mol. The summed E-state index contributed by atoms with van der Waals surface area (Å²) in [6.07, 6.45) is 10.2. The van der Waals surface area contributed by atoms with Gasteiger partial charge in [0.15, 0.2) is 11.6 Å². The van der Waals surface area contributed by atoms with Gasteiger partial charge in [-0.25, -0.2) is 4.98 Å². The molecule has 0 radical (unpaired) electrons. The lowest BCUT2D eigenvalue weighted by Crippen LogP contribution is -2.48. The van der Waals surface area contributed by atoms with Crippen molar-refractivity contribution >= 4 is 70.2 Å². The summed E-state index contributed by atoms with van der Waals surface area (Å²) in [5.74, 6) is -3.23. The summed E-state index contributed by atoms with van der Waals surface area (Å²) in [4.78, 5) is 115. The van der Waals surface area contributed by atoms with Crippen molar-refractivity contribution < 1.29 is 48.2 Å². The van der Waals surface area contributed by atoms with Gasteiger partial charge in [-0.15, -0.1) is 11.3 Å². The number of imide groups is 1. The number of methoxy groups -OCH3 is 1. The van der Waals surface area contributed by atoms with Gasteiger partial charge in [-0.1, -0.05) is 78.1 Å². The van der Waals surface area contributed by atoms with Crippen molar-refractivity contribution in [3.8, 4) is 0 Å². The van der Waals surface area contributed by atoms with E-state index >= 15 is 0 Å². The van der Waals surface area contributed by atoms with Crippen LogP contribution in [0.4, 0.5) is 0 Å². The Bertz CT molecular complexity index is 2210. The van der Waals surface area contributed by atoms with E-state index in [1.807, 2.05) is 58.5 Å². The first kappa shape index (κ1) is 63.0. The van der Waals surface area contributed by atoms with Crippen molar-refractivity contribution in [1.82, 2.24) is 30.3 Å². The molecule has 19 heteroatoms. The number of benzene rings is 1. The highest BCUT2D eigenvalue weighted by Gasteiger charge is 2.39. The van der Waals surface area contributed by atoms with Gasteiger partial charge in [-0.05, 0) is 107 Å². The molecule has 4 rings (SSSR count). The first-order chi connectivity index (χ1) is 35.7. The minimum atomic E-state index is -0.991. The number of ether oxygens (including phenoxy) is 1. The lowest BCUT2D eigenvalue weighted by atomic mass is 9.83. The first-order valence-corrected chi connectivity index (χ1v) is 29.4. The van der Waals surface area contributed by atoms with Gasteiger partial charge in [0.1, 0.15) is 16.8 Å². The highest BCUT2D eigenvalue weighted by molar-refractivity contribution is 8.00. The molecule has 2 saturated heterocycles. The van der Waals surface area contributed by atoms with Gasteiger partial charge in [0.25, 0.3) is 5.91 Å². The zero-order valence-electron chi connectivity index (χ0n) is 46.1. The predicted octanol–water partition coefficient (Wildman–Crippen LogP) is 7.04. The number of amides is 5. The zero-order chi connectivity index (χ0) is 55.4. The van der Waals surface area contributed by atoms with Crippen LogP contribution in [0, 0.1) is 23.7 Å². The Labute approximate surface area is 454 Å². The minimum absolute atomic E-state index is 0.0114. The van der Waals surface area contributed by atoms with E-state index in [-0.39, 0.29) is 102 Å². The highest BCUT2D eigenvalue weighted by Crippen LogP contribution is 2.33. The number of unbranched alkanes of at least 4 members (excludes halogenated alkanes) is 3. The Kier molecular flexibility index (Phi) is 26.5. The maximum absolute atomic E-state index is 14.4. The number of piperidine rings is 1. The number of likely N-dealkylation sites (N-methyl/N-ethyl adjacent to an activating group) is 1. The van der Waals surface area contributed by atoms with Crippen LogP contribution in [-0.4, -0.2) is 148 Å². The number of carboxylic acid groups (broad SMARTS) is 1. The molecule has 2 aliphatic rings. The van der Waals surface area contributed by atoms with Gasteiger partial charge in [0, 0.05) is 76.2 Å². The summed E-state index contributed by atoms with van der Waals surface area (Å²) >= 11 is 2.66. The second kappa shape index (κ2) is 31.6. The SMILES string of the molecule is CC[C@H](C)[C@H](CC(=O)[C@H]1CCCCN1C)C(=O)N(C)[C@H](C[C@@H](OC)c1nc(C(=O)N[C@@H](Cc2ccc(CC(=O)[C@H](CCCCN)NC(=O)CCCCCN3C(=O)CC(SC)C3=O)cc2)CC(C)C(=O)O)cs1)C(C)C. The van der Waals surface area contributed by atoms with E-state index in [2.05, 4.69) is 29.4 Å². The molecule has 5 N–H and O–H groups in total. The number of carbonyl (C=O) groups is 8. The van der Waals surface area contributed by atoms with Crippen molar-refractivity contribution in [3.05, 3.63) is 51.5 Å². The molecule has 2 fully saturated rings. The summed E-state index contributed by atoms with van der Waals surface area (Å²) in [5.41, 5.74) is 7.46. The molecule has 0 bridgehead atoms. The molecule has 1 aromatic carbocycles. The van der Waals surface area contributed by atoms with Crippen molar-refractivity contribution in [1.29, 1.82) is 0 Å². The van der Waals surface area contributed by atoms with Crippen molar-refractivity contribution in [2.45, 2.75) is 179 Å². The van der Waals surface area contributed by atoms with Crippen LogP contribution in [-0.2, 0) is 51.1 Å². The van der Waals surface area contributed by atoms with Crippen LogP contribution in [0.1, 0.15) is 164 Å². The molecule has 1 aromatic heterocycles. The Morgan fingerprint density at radius 3 is 2.29 bits per heavy atom. The number of rotatable bonds is 34. The number of hydrogen-bond donors (Lipinski definition) is 4. The van der Waals surface area contributed by atoms with Gasteiger partial charge in [-0.2, -0.15) is 11.8 Å². The van der Waals surface area contributed by atoms with Gasteiger partial charge in [0.2, 0.25) is 23.6 Å². The van der Waals surface area contributed by atoms with E-state index in [0.717, 1.165) is 43.4 Å². The number of thiazole rings is 1. The van der Waals surface area contributed by atoms with Gasteiger partial charge < -0.3 is 31.1 Å². The number of nitrogens with zero attached hydrogens (tertiary/aromatic N) is 4. The summed E-state index contributed by atoms with van der Waals surface area (Å²) < 4.78 is 5.99. The number of nitrogens with one attached hydrogen (secondary N) is 2. The fourth-order valence-electron chi connectivity index (χ4n) is 10.3. The monoisotopic (exact) mass is 1080 g/mol. The molecule has 3 heterocycles. The van der Waals surface area contributed by atoms with Crippen LogP contribution >= 0.6 is 23.1 Å². The number of ketones is 2. The van der Waals surface area contributed by atoms with Crippen molar-refractivity contribution in [2.75, 3.05) is 47.1 Å². The zero-order valence-corrected chi connectivity index (χ0v) is 47.7. The molecule has 0 spiro atoms. The Morgan fingerprint density at radius 2 is 1.68 bits per heavy atom. The maximum Gasteiger partial charge on any atom is 0.306 e. The molecule has 418 valence electrons. The molecular weight excluding hydrogens is 995 g/mol. The fraction of sp³-hybridized carbons (Fsp3) is 0.696. The van der Waals surface area contributed by atoms with Crippen LogP contribution < -0.4 is 16.4 Å². The molecular formula is C56H87N7O10S2. The van der Waals surface area contributed by atoms with E-state index in [1.165, 1.54) is 28.0 Å². The number of Topliss-reactive ketones (excluding diaryl/α,β-unsaturated/α-hetero) is 2. The number of likely N-dealkylation sites (tertiary alicyclic amines) is 2. The predicted molar refractivity (Wildman–Crippen MR) is 294 cm³/mol. The second-order valence-corrected chi connectivity index (χ2v) is 23.2. The van der Waals surface area contributed by atoms with Crippen LogP contribution in [0.15, 0.2) is 29.6 Å². The number of carboxylic acids is 1. The Balaban J connectivity index is 1.37. The highest BCUT2D eigenvalue weighted by atomic mass is 32.2. The average Bonchev–Trinajstić information content (AvgIpc) is 3.98. The van der Waals surface area contributed by atoms with E-state index in [0.29, 0.717) is 69.5 Å². The van der Waals surface area contributed by atoms with Crippen LogP contribution in [0.25, 0.3) is 0 Å². The van der Waals surface area contributed by atoms with E-state index in [1.54, 1.807) is 24.3 Å². The number of carbonyl (C=O) groups excluding carboxylic acids is 7. The quantitative estimate of drug-likeness (QED) is 0.0407. The summed E-state index contributed by atoms with van der Waals surface area (Å²) in [7, 11) is 5.38. The number of nitrogens with two attached hydrogens (primary N) is 1. The molecule has 17 nitrogen and oxygen atoms in total. The third-order valence-corrected chi connectivity index (χ3v) is 17.2. The first-order valence-electron chi connectivity index (χ1n) is 27.2. The summed E-state index contributed by atoms with van der Waals surface area (Å²) in [6.45, 7) is 11.5. The molecule has 2 aromatic rings. The lowest BCUT2D eigenvalue weighted by Gasteiger charge is -2.37. The van der Waals surface area contributed by atoms with Crippen LogP contribution in [0.3, 0.4) is 0 Å². The molecule has 75 heavy (non-hydrogen) atoms. The minimum Gasteiger partial charge on any atom is -0.481 e. The summed E-state index contributed by atoms with van der Waals surface area (Å²) in [5, 5.41) is 17.7. The molecule has 2 aliphatic heterocycles. The molecule has 0 aliphatic carbocycles. The third-order valence-electron chi connectivity index (χ3n) is 15.3. The van der Waals surface area contributed by atoms with E-state index in [9.17, 15) is 43.5 Å².